The van der Waals surface area contributed by atoms with Gasteiger partial charge in [0.1, 0.15) is 0 Å². The predicted octanol–water partition coefficient (Wildman–Crippen LogP) is 4.91. The third-order valence-corrected chi connectivity index (χ3v) is 7.81. The van der Waals surface area contributed by atoms with Crippen molar-refractivity contribution >= 4 is 15.8 Å². The summed E-state index contributed by atoms with van der Waals surface area (Å²) in [6.07, 6.45) is 4.81. The molecule has 1 fully saturated rings. The molecule has 3 aromatic carbocycles. The van der Waals surface area contributed by atoms with Crippen LogP contribution in [0.15, 0.2) is 102 Å². The molecule has 4 nitrogen and oxygen atoms in total. The van der Waals surface area contributed by atoms with Gasteiger partial charge >= 0.3 is 0 Å². The number of nitrogens with zero attached hydrogens (tertiary/aromatic N) is 1. The molecule has 4 rings (SSSR count). The van der Waals surface area contributed by atoms with Crippen LogP contribution in [0.3, 0.4) is 0 Å². The zero-order valence-corrected chi connectivity index (χ0v) is 18.9. The van der Waals surface area contributed by atoms with E-state index in [0.29, 0.717) is 12.1 Å². The van der Waals surface area contributed by atoms with Gasteiger partial charge in [0.05, 0.1) is 4.90 Å². The van der Waals surface area contributed by atoms with Crippen LogP contribution < -0.4 is 0 Å². The molecule has 1 aliphatic rings. The molecule has 164 valence electrons. The number of Topliss-reactive ketones (excluding diaryl/α,β-unsaturated/α-hetero) is 1. The first kappa shape index (κ1) is 22.2. The maximum absolute atomic E-state index is 13.3. The third-order valence-electron chi connectivity index (χ3n) is 5.97. The first-order chi connectivity index (χ1) is 15.4. The second kappa shape index (κ2) is 9.63. The molecule has 0 saturated carbocycles. The third kappa shape index (κ3) is 4.90. The quantitative estimate of drug-likeness (QED) is 0.383. The van der Waals surface area contributed by atoms with Crippen LogP contribution in [-0.2, 0) is 16.4 Å². The highest BCUT2D eigenvalue weighted by molar-refractivity contribution is 7.89. The van der Waals surface area contributed by atoms with Gasteiger partial charge in [-0.25, -0.2) is 8.42 Å². The number of rotatable bonds is 7. The van der Waals surface area contributed by atoms with Gasteiger partial charge in [0.15, 0.2) is 5.78 Å². The zero-order valence-electron chi connectivity index (χ0n) is 18.1. The van der Waals surface area contributed by atoms with E-state index >= 15 is 0 Å². The standard InChI is InChI=1S/C27H27NO3S/c1-21-15-17-25(18-16-21)32(30,31)28-19-24(14-8-11-22-9-4-2-5-10-22)26(20-28)27(29)23-12-6-3-7-13-23/h2-10,12-18,24,26H,11,19-20H2,1H3/b14-8+/t24-,26+/m0/s1. The fourth-order valence-corrected chi connectivity index (χ4v) is 5.63. The minimum Gasteiger partial charge on any atom is -0.294 e. The minimum absolute atomic E-state index is 0.0124. The molecular weight excluding hydrogens is 418 g/mol. The second-order valence-corrected chi connectivity index (χ2v) is 10.2. The van der Waals surface area contributed by atoms with E-state index in [1.807, 2.05) is 55.5 Å². The lowest BCUT2D eigenvalue weighted by molar-refractivity contribution is 0.0912. The monoisotopic (exact) mass is 445 g/mol. The van der Waals surface area contributed by atoms with Crippen molar-refractivity contribution in [3.63, 3.8) is 0 Å². The van der Waals surface area contributed by atoms with E-state index in [2.05, 4.69) is 12.1 Å². The highest BCUT2D eigenvalue weighted by Crippen LogP contribution is 2.32. The topological polar surface area (TPSA) is 54.5 Å². The largest absolute Gasteiger partial charge is 0.294 e. The van der Waals surface area contributed by atoms with Crippen molar-refractivity contribution in [1.82, 2.24) is 4.31 Å². The van der Waals surface area contributed by atoms with E-state index in [1.54, 1.807) is 36.4 Å². The number of sulfonamides is 1. The molecule has 0 unspecified atom stereocenters. The summed E-state index contributed by atoms with van der Waals surface area (Å²) in [5.41, 5.74) is 2.80. The van der Waals surface area contributed by atoms with Crippen molar-refractivity contribution in [2.75, 3.05) is 13.1 Å². The molecule has 5 heteroatoms. The molecule has 3 aromatic rings. The lowest BCUT2D eigenvalue weighted by Crippen LogP contribution is -2.30. The summed E-state index contributed by atoms with van der Waals surface area (Å²) in [7, 11) is -3.67. The second-order valence-electron chi connectivity index (χ2n) is 8.25. The Bertz CT molecular complexity index is 1190. The van der Waals surface area contributed by atoms with Gasteiger partial charge in [0.2, 0.25) is 10.0 Å². The highest BCUT2D eigenvalue weighted by Gasteiger charge is 2.41. The van der Waals surface area contributed by atoms with Crippen LogP contribution in [-0.4, -0.2) is 31.6 Å². The van der Waals surface area contributed by atoms with Crippen molar-refractivity contribution in [3.05, 3.63) is 114 Å². The Kier molecular flexibility index (Phi) is 6.68. The maximum Gasteiger partial charge on any atom is 0.243 e. The molecule has 0 aromatic heterocycles. The fraction of sp³-hybridized carbons (Fsp3) is 0.222. The molecule has 0 N–H and O–H groups in total. The Labute approximate surface area is 190 Å². The van der Waals surface area contributed by atoms with Crippen molar-refractivity contribution in [3.8, 4) is 0 Å². The van der Waals surface area contributed by atoms with E-state index in [9.17, 15) is 13.2 Å². The van der Waals surface area contributed by atoms with E-state index in [4.69, 9.17) is 0 Å². The van der Waals surface area contributed by atoms with Crippen molar-refractivity contribution in [2.45, 2.75) is 18.2 Å². The number of aryl methyl sites for hydroxylation is 1. The molecule has 1 aliphatic heterocycles. The lowest BCUT2D eigenvalue weighted by Gasteiger charge is -2.16. The Morgan fingerprint density at radius 2 is 1.53 bits per heavy atom. The molecule has 0 radical (unpaired) electrons. The van der Waals surface area contributed by atoms with E-state index in [1.165, 1.54) is 9.87 Å². The van der Waals surface area contributed by atoms with Gasteiger partial charge in [-0.15, -0.1) is 0 Å². The van der Waals surface area contributed by atoms with Crippen LogP contribution in [0.2, 0.25) is 0 Å². The summed E-state index contributed by atoms with van der Waals surface area (Å²) in [6.45, 7) is 2.41. The Balaban J connectivity index is 1.59. The minimum atomic E-state index is -3.67. The molecule has 32 heavy (non-hydrogen) atoms. The van der Waals surface area contributed by atoms with Gasteiger partial charge in [-0.05, 0) is 31.0 Å². The molecular formula is C27H27NO3S. The number of carbonyl (C=O) groups is 1. The van der Waals surface area contributed by atoms with Crippen LogP contribution in [0.4, 0.5) is 0 Å². The fourth-order valence-electron chi connectivity index (χ4n) is 4.13. The average Bonchev–Trinajstić information content (AvgIpc) is 3.25. The van der Waals surface area contributed by atoms with Crippen molar-refractivity contribution in [2.24, 2.45) is 11.8 Å². The summed E-state index contributed by atoms with van der Waals surface area (Å²) in [5, 5.41) is 0. The van der Waals surface area contributed by atoms with Gasteiger partial charge < -0.3 is 0 Å². The number of carbonyl (C=O) groups excluding carboxylic acids is 1. The van der Waals surface area contributed by atoms with Gasteiger partial charge in [0.25, 0.3) is 0 Å². The summed E-state index contributed by atoms with van der Waals surface area (Å²) in [6, 6.07) is 26.1. The van der Waals surface area contributed by atoms with Crippen LogP contribution >= 0.6 is 0 Å². The number of hydrogen-bond donors (Lipinski definition) is 0. The summed E-state index contributed by atoms with van der Waals surface area (Å²) in [4.78, 5) is 13.6. The molecule has 0 aliphatic carbocycles. The van der Waals surface area contributed by atoms with Crippen LogP contribution in [0.1, 0.15) is 21.5 Å². The number of benzene rings is 3. The Morgan fingerprint density at radius 3 is 2.19 bits per heavy atom. The van der Waals surface area contributed by atoms with Gasteiger partial charge in [-0.3, -0.25) is 4.79 Å². The van der Waals surface area contributed by atoms with Crippen molar-refractivity contribution in [1.29, 1.82) is 0 Å². The Hall–Kier alpha value is -3.02. The zero-order chi connectivity index (χ0) is 22.6. The molecule has 0 spiro atoms. The summed E-state index contributed by atoms with van der Waals surface area (Å²) in [5.74, 6) is -0.599. The van der Waals surface area contributed by atoms with Crippen molar-refractivity contribution < 1.29 is 13.2 Å². The average molecular weight is 446 g/mol. The van der Waals surface area contributed by atoms with Gasteiger partial charge in [-0.2, -0.15) is 4.31 Å². The molecule has 0 bridgehead atoms. The maximum atomic E-state index is 13.3. The smallest absolute Gasteiger partial charge is 0.243 e. The predicted molar refractivity (Wildman–Crippen MR) is 127 cm³/mol. The molecule has 1 heterocycles. The number of allylic oxidation sites excluding steroid dienone is 1. The summed E-state index contributed by atoms with van der Waals surface area (Å²) >= 11 is 0. The van der Waals surface area contributed by atoms with Crippen LogP contribution in [0.5, 0.6) is 0 Å². The molecule has 0 amide bonds. The normalized spacial score (nSPS) is 19.4. The molecule has 2 atom stereocenters. The van der Waals surface area contributed by atoms with Gasteiger partial charge in [-0.1, -0.05) is 90.5 Å². The SMILES string of the molecule is Cc1ccc(S(=O)(=O)N2C[C@H](/C=C/Cc3ccccc3)[C@H](C(=O)c3ccccc3)C2)cc1. The number of hydrogen-bond acceptors (Lipinski definition) is 3. The molecule has 1 saturated heterocycles. The highest BCUT2D eigenvalue weighted by atomic mass is 32.2. The first-order valence-corrected chi connectivity index (χ1v) is 12.3. The van der Waals surface area contributed by atoms with E-state index in [-0.39, 0.29) is 23.1 Å². The first-order valence-electron chi connectivity index (χ1n) is 10.8. The summed E-state index contributed by atoms with van der Waals surface area (Å²) < 4.78 is 28.0. The Morgan fingerprint density at radius 1 is 0.906 bits per heavy atom. The van der Waals surface area contributed by atoms with Crippen LogP contribution in [0.25, 0.3) is 0 Å². The van der Waals surface area contributed by atoms with E-state index in [0.717, 1.165) is 12.0 Å². The van der Waals surface area contributed by atoms with Gasteiger partial charge in [0, 0.05) is 30.5 Å². The van der Waals surface area contributed by atoms with Crippen LogP contribution in [0, 0.1) is 18.8 Å². The lowest BCUT2D eigenvalue weighted by atomic mass is 9.88. The number of ketones is 1. The van der Waals surface area contributed by atoms with E-state index < -0.39 is 15.9 Å².